The van der Waals surface area contributed by atoms with E-state index in [0.717, 1.165) is 17.9 Å². The molecule has 1 unspecified atom stereocenters. The zero-order valence-corrected chi connectivity index (χ0v) is 28.8. The van der Waals surface area contributed by atoms with Gasteiger partial charge in [0.05, 0.1) is 22.4 Å². The number of thiophene rings is 1. The van der Waals surface area contributed by atoms with Crippen molar-refractivity contribution in [3.63, 3.8) is 0 Å². The minimum atomic E-state index is -0.809. The lowest BCUT2D eigenvalue weighted by Crippen LogP contribution is -2.50. The molecule has 2 aromatic heterocycles. The number of piperazine rings is 1. The third-order valence-corrected chi connectivity index (χ3v) is 9.33. The third-order valence-electron chi connectivity index (χ3n) is 7.91. The van der Waals surface area contributed by atoms with Crippen LogP contribution in [0.15, 0.2) is 18.2 Å². The molecule has 2 aromatic carbocycles. The van der Waals surface area contributed by atoms with Crippen molar-refractivity contribution >= 4 is 60.8 Å². The number of hydrogen-bond donors (Lipinski definition) is 2. The number of likely N-dealkylation sites (tertiary alicyclic amines) is 1. The Morgan fingerprint density at radius 3 is 2.53 bits per heavy atom. The number of nitriles is 1. The van der Waals surface area contributed by atoms with Gasteiger partial charge in [-0.15, -0.1) is 11.3 Å². The fourth-order valence-electron chi connectivity index (χ4n) is 5.72. The molecule has 2 fully saturated rings. The monoisotopic (exact) mass is 685 g/mol. The number of amides is 1. The number of methoxy groups -OCH3 is 1. The first kappa shape index (κ1) is 34.5. The summed E-state index contributed by atoms with van der Waals surface area (Å²) in [6, 6.07) is 6.16. The molecule has 4 heterocycles. The van der Waals surface area contributed by atoms with E-state index < -0.39 is 23.3 Å². The van der Waals surface area contributed by atoms with Gasteiger partial charge < -0.3 is 24.6 Å². The van der Waals surface area contributed by atoms with Crippen molar-refractivity contribution in [2.45, 2.75) is 52.2 Å². The van der Waals surface area contributed by atoms with Crippen LogP contribution in [0.5, 0.6) is 6.01 Å². The molecule has 14 heteroatoms. The standard InChI is InChI=1S/C28H27ClF2N6O3S.C5H11N/c1-13-12-33-8-9-37(13)24-15-10-17(29)20(21(31)22(15)34-26(35-24)39-5)14-6-7-18(30)23-19(14)16(11-32)25(41-23)36-27(38)40-28(2,3)4;1-6-4-2-3-5-6/h6-7,10,13,33H,8-9,12H2,1-5H3,(H,36,38);2-5H2,1H3. The van der Waals surface area contributed by atoms with Crippen LogP contribution < -0.4 is 20.3 Å². The summed E-state index contributed by atoms with van der Waals surface area (Å²) in [7, 11) is 3.57. The van der Waals surface area contributed by atoms with Gasteiger partial charge >= 0.3 is 12.1 Å². The predicted octanol–water partition coefficient (Wildman–Crippen LogP) is 7.18. The van der Waals surface area contributed by atoms with Gasteiger partial charge in [0.1, 0.15) is 33.8 Å². The Kier molecular flexibility index (Phi) is 10.4. The Morgan fingerprint density at radius 2 is 1.94 bits per heavy atom. The van der Waals surface area contributed by atoms with E-state index in [2.05, 4.69) is 32.5 Å². The summed E-state index contributed by atoms with van der Waals surface area (Å²) in [5, 5.41) is 16.5. The molecular weight excluding hydrogens is 648 g/mol. The van der Waals surface area contributed by atoms with Crippen molar-refractivity contribution in [2.24, 2.45) is 0 Å². The molecule has 250 valence electrons. The van der Waals surface area contributed by atoms with E-state index in [1.165, 1.54) is 45.2 Å². The van der Waals surface area contributed by atoms with E-state index in [-0.39, 0.29) is 54.4 Å². The average molecular weight is 686 g/mol. The van der Waals surface area contributed by atoms with E-state index in [9.17, 15) is 10.1 Å². The lowest BCUT2D eigenvalue weighted by Gasteiger charge is -2.35. The molecule has 2 aliphatic heterocycles. The number of anilines is 2. The van der Waals surface area contributed by atoms with Crippen LogP contribution in [0.1, 0.15) is 46.1 Å². The summed E-state index contributed by atoms with van der Waals surface area (Å²) in [4.78, 5) is 25.7. The maximum absolute atomic E-state index is 16.5. The molecular formula is C33H38ClF2N7O3S. The van der Waals surface area contributed by atoms with Crippen molar-refractivity contribution in [2.75, 3.05) is 57.1 Å². The highest BCUT2D eigenvalue weighted by atomic mass is 35.5. The van der Waals surface area contributed by atoms with Crippen LogP contribution in [0.25, 0.3) is 32.1 Å². The van der Waals surface area contributed by atoms with Crippen LogP contribution >= 0.6 is 22.9 Å². The number of ether oxygens (including phenoxy) is 2. The number of nitrogens with one attached hydrogen (secondary N) is 2. The SMILES string of the molecule is CN1CCCC1.COc1nc(N2CCNCC2C)c2cc(Cl)c(-c3ccc(F)c4sc(NC(=O)OC(C)(C)C)c(C#N)c34)c(F)c2n1. The Labute approximate surface area is 281 Å². The topological polar surface area (TPSA) is 116 Å². The quantitative estimate of drug-likeness (QED) is 0.231. The minimum absolute atomic E-state index is 0.0215. The molecule has 0 bridgehead atoms. The summed E-state index contributed by atoms with van der Waals surface area (Å²) in [6.45, 7) is 11.8. The van der Waals surface area contributed by atoms with E-state index in [4.69, 9.17) is 21.1 Å². The van der Waals surface area contributed by atoms with Crippen LogP contribution in [-0.2, 0) is 4.74 Å². The number of aromatic nitrogens is 2. The van der Waals surface area contributed by atoms with Crippen LogP contribution in [-0.4, -0.2) is 79.5 Å². The van der Waals surface area contributed by atoms with Gasteiger partial charge in [-0.2, -0.15) is 15.2 Å². The molecule has 1 amide bonds. The van der Waals surface area contributed by atoms with Gasteiger partial charge in [-0.1, -0.05) is 17.7 Å². The second-order valence-corrected chi connectivity index (χ2v) is 14.0. The average Bonchev–Trinajstić information content (AvgIpc) is 3.64. The third kappa shape index (κ3) is 7.36. The van der Waals surface area contributed by atoms with E-state index in [1.54, 1.807) is 26.8 Å². The van der Waals surface area contributed by atoms with E-state index in [1.807, 2.05) is 17.9 Å². The van der Waals surface area contributed by atoms with E-state index >= 15 is 8.78 Å². The van der Waals surface area contributed by atoms with Gasteiger partial charge in [-0.3, -0.25) is 5.32 Å². The highest BCUT2D eigenvalue weighted by Crippen LogP contribution is 2.46. The zero-order chi connectivity index (χ0) is 34.0. The van der Waals surface area contributed by atoms with E-state index in [0.29, 0.717) is 24.3 Å². The Bertz CT molecular complexity index is 1850. The molecule has 4 aromatic rings. The smallest absolute Gasteiger partial charge is 0.412 e. The second kappa shape index (κ2) is 14.1. The van der Waals surface area contributed by atoms with Crippen molar-refractivity contribution in [1.82, 2.24) is 20.2 Å². The molecule has 2 N–H and O–H groups in total. The largest absolute Gasteiger partial charge is 0.467 e. The van der Waals surface area contributed by atoms with Crippen LogP contribution in [0.2, 0.25) is 5.02 Å². The molecule has 47 heavy (non-hydrogen) atoms. The molecule has 2 aliphatic rings. The summed E-state index contributed by atoms with van der Waals surface area (Å²) >= 11 is 7.59. The van der Waals surface area contributed by atoms with Gasteiger partial charge in [0.25, 0.3) is 0 Å². The lowest BCUT2D eigenvalue weighted by atomic mass is 9.97. The predicted molar refractivity (Wildman–Crippen MR) is 183 cm³/mol. The number of carbonyl (C=O) groups is 1. The molecule has 0 saturated carbocycles. The number of hydrogen-bond acceptors (Lipinski definition) is 10. The molecule has 10 nitrogen and oxygen atoms in total. The maximum atomic E-state index is 16.5. The maximum Gasteiger partial charge on any atom is 0.412 e. The lowest BCUT2D eigenvalue weighted by molar-refractivity contribution is 0.0636. The number of fused-ring (bicyclic) bond motifs is 2. The van der Waals surface area contributed by atoms with Crippen molar-refractivity contribution in [3.8, 4) is 23.2 Å². The summed E-state index contributed by atoms with van der Waals surface area (Å²) in [5.74, 6) is -0.935. The molecule has 6 rings (SSSR count). The second-order valence-electron chi connectivity index (χ2n) is 12.6. The Hall–Kier alpha value is -3.83. The number of rotatable bonds is 4. The number of carbonyl (C=O) groups excluding carboxylic acids is 1. The van der Waals surface area contributed by atoms with Crippen LogP contribution in [0, 0.1) is 23.0 Å². The van der Waals surface area contributed by atoms with Crippen LogP contribution in [0.3, 0.4) is 0 Å². The summed E-state index contributed by atoms with van der Waals surface area (Å²) in [6.07, 6.45) is 2.02. The fraction of sp³-hybridized carbons (Fsp3) is 0.455. The van der Waals surface area contributed by atoms with Crippen LogP contribution in [0.4, 0.5) is 24.4 Å². The van der Waals surface area contributed by atoms with Gasteiger partial charge in [-0.25, -0.2) is 13.6 Å². The first-order valence-electron chi connectivity index (χ1n) is 15.4. The summed E-state index contributed by atoms with van der Waals surface area (Å²) in [5.41, 5.74) is -0.768. The molecule has 2 saturated heterocycles. The van der Waals surface area contributed by atoms with Crippen molar-refractivity contribution in [1.29, 1.82) is 5.26 Å². The molecule has 0 aliphatic carbocycles. The molecule has 0 radical (unpaired) electrons. The van der Waals surface area contributed by atoms with Gasteiger partial charge in [-0.05, 0) is 78.4 Å². The number of halogens is 3. The Balaban J connectivity index is 0.000000650. The number of benzene rings is 2. The number of nitrogens with zero attached hydrogens (tertiary/aromatic N) is 5. The first-order chi connectivity index (χ1) is 22.3. The van der Waals surface area contributed by atoms with Crippen molar-refractivity contribution < 1.29 is 23.0 Å². The minimum Gasteiger partial charge on any atom is -0.467 e. The summed E-state index contributed by atoms with van der Waals surface area (Å²) < 4.78 is 42.2. The van der Waals surface area contributed by atoms with Gasteiger partial charge in [0, 0.05) is 42.0 Å². The fourth-order valence-corrected chi connectivity index (χ4v) is 7.08. The van der Waals surface area contributed by atoms with Gasteiger partial charge in [0.15, 0.2) is 5.82 Å². The Morgan fingerprint density at radius 1 is 1.21 bits per heavy atom. The zero-order valence-electron chi connectivity index (χ0n) is 27.3. The molecule has 1 atom stereocenters. The normalized spacial score (nSPS) is 16.9. The first-order valence-corrected chi connectivity index (χ1v) is 16.6. The molecule has 0 spiro atoms. The highest BCUT2D eigenvalue weighted by molar-refractivity contribution is 7.23. The highest BCUT2D eigenvalue weighted by Gasteiger charge is 2.29. The van der Waals surface area contributed by atoms with Crippen molar-refractivity contribution in [3.05, 3.63) is 40.4 Å². The van der Waals surface area contributed by atoms with Gasteiger partial charge in [0.2, 0.25) is 0 Å².